The summed E-state index contributed by atoms with van der Waals surface area (Å²) in [6, 6.07) is 9.04. The zero-order valence-corrected chi connectivity index (χ0v) is 13.8. The molecule has 2 aromatic rings. The molecule has 1 aliphatic carbocycles. The molecule has 2 unspecified atom stereocenters. The summed E-state index contributed by atoms with van der Waals surface area (Å²) in [5.74, 6) is 0.0181. The lowest BCUT2D eigenvalue weighted by Crippen LogP contribution is -2.34. The van der Waals surface area contributed by atoms with E-state index in [1.54, 1.807) is 35.0 Å². The van der Waals surface area contributed by atoms with Crippen molar-refractivity contribution >= 4 is 17.5 Å². The highest BCUT2D eigenvalue weighted by Crippen LogP contribution is 2.26. The molecule has 1 aromatic carbocycles. The van der Waals surface area contributed by atoms with E-state index in [-0.39, 0.29) is 17.9 Å². The van der Waals surface area contributed by atoms with Gasteiger partial charge in [-0.2, -0.15) is 5.10 Å². The average molecular weight is 334 g/mol. The first-order valence-electron chi connectivity index (χ1n) is 7.80. The van der Waals surface area contributed by atoms with E-state index in [4.69, 9.17) is 11.6 Å². The Labute approximate surface area is 140 Å². The van der Waals surface area contributed by atoms with Crippen molar-refractivity contribution in [3.05, 3.63) is 47.2 Å². The van der Waals surface area contributed by atoms with Crippen LogP contribution in [0.4, 0.5) is 0 Å². The fraction of sp³-hybridized carbons (Fsp3) is 0.412. The number of rotatable bonds is 4. The quantitative estimate of drug-likeness (QED) is 0.936. The van der Waals surface area contributed by atoms with Crippen LogP contribution in [-0.2, 0) is 0 Å². The molecular weight excluding hydrogens is 314 g/mol. The third-order valence-corrected chi connectivity index (χ3v) is 4.70. The van der Waals surface area contributed by atoms with E-state index in [0.29, 0.717) is 17.3 Å². The van der Waals surface area contributed by atoms with Crippen molar-refractivity contribution in [1.29, 1.82) is 0 Å². The van der Waals surface area contributed by atoms with Gasteiger partial charge in [-0.3, -0.25) is 4.79 Å². The minimum Gasteiger partial charge on any atom is -0.393 e. The predicted molar refractivity (Wildman–Crippen MR) is 88.9 cm³/mol. The van der Waals surface area contributed by atoms with Crippen molar-refractivity contribution in [3.63, 3.8) is 0 Å². The van der Waals surface area contributed by atoms with Gasteiger partial charge in [0.2, 0.25) is 0 Å². The van der Waals surface area contributed by atoms with Crippen LogP contribution in [0.5, 0.6) is 0 Å². The van der Waals surface area contributed by atoms with E-state index in [1.807, 2.05) is 18.2 Å². The van der Waals surface area contributed by atoms with Crippen LogP contribution in [0.3, 0.4) is 0 Å². The number of halogens is 1. The maximum Gasteiger partial charge on any atom is 0.274 e. The normalized spacial score (nSPS) is 20.7. The van der Waals surface area contributed by atoms with Crippen molar-refractivity contribution in [2.75, 3.05) is 13.6 Å². The van der Waals surface area contributed by atoms with E-state index in [2.05, 4.69) is 5.10 Å². The number of aliphatic hydroxyl groups excluding tert-OH is 1. The Morgan fingerprint density at radius 3 is 2.87 bits per heavy atom. The summed E-state index contributed by atoms with van der Waals surface area (Å²) < 4.78 is 1.60. The van der Waals surface area contributed by atoms with Gasteiger partial charge in [-0.25, -0.2) is 4.68 Å². The number of amides is 1. The summed E-state index contributed by atoms with van der Waals surface area (Å²) in [6.07, 6.45) is 4.24. The molecule has 0 spiro atoms. The van der Waals surface area contributed by atoms with Gasteiger partial charge >= 0.3 is 0 Å². The first kappa shape index (κ1) is 16.0. The number of carbonyl (C=O) groups is 1. The smallest absolute Gasteiger partial charge is 0.274 e. The number of aliphatic hydroxyl groups is 1. The SMILES string of the molecule is CN(CC1CCCC1O)C(=O)c1ccn(-c2ccccc2Cl)n1. The summed E-state index contributed by atoms with van der Waals surface area (Å²) in [6.45, 7) is 0.555. The summed E-state index contributed by atoms with van der Waals surface area (Å²) in [7, 11) is 1.75. The van der Waals surface area contributed by atoms with Gasteiger partial charge in [-0.05, 0) is 31.0 Å². The topological polar surface area (TPSA) is 58.4 Å². The molecule has 3 rings (SSSR count). The maximum atomic E-state index is 12.5. The molecule has 1 aromatic heterocycles. The molecule has 5 nitrogen and oxygen atoms in total. The van der Waals surface area contributed by atoms with E-state index in [1.165, 1.54) is 0 Å². The fourth-order valence-electron chi connectivity index (χ4n) is 3.07. The molecule has 0 bridgehead atoms. The fourth-order valence-corrected chi connectivity index (χ4v) is 3.29. The van der Waals surface area contributed by atoms with E-state index in [9.17, 15) is 9.90 Å². The maximum absolute atomic E-state index is 12.5. The number of hydrogen-bond donors (Lipinski definition) is 1. The largest absolute Gasteiger partial charge is 0.393 e. The molecule has 2 atom stereocenters. The second-order valence-corrected chi connectivity index (χ2v) is 6.45. The zero-order chi connectivity index (χ0) is 16.4. The van der Waals surface area contributed by atoms with Crippen LogP contribution in [0.1, 0.15) is 29.8 Å². The second kappa shape index (κ2) is 6.72. The molecule has 1 N–H and O–H groups in total. The number of carbonyl (C=O) groups excluding carboxylic acids is 1. The summed E-state index contributed by atoms with van der Waals surface area (Å²) in [4.78, 5) is 14.1. The minimum atomic E-state index is -0.300. The highest BCUT2D eigenvalue weighted by atomic mass is 35.5. The molecule has 6 heteroatoms. The monoisotopic (exact) mass is 333 g/mol. The van der Waals surface area contributed by atoms with Crippen molar-refractivity contribution in [2.45, 2.75) is 25.4 Å². The lowest BCUT2D eigenvalue weighted by atomic mass is 10.1. The highest BCUT2D eigenvalue weighted by Gasteiger charge is 2.28. The van der Waals surface area contributed by atoms with Crippen LogP contribution in [0.25, 0.3) is 5.69 Å². The van der Waals surface area contributed by atoms with Gasteiger partial charge in [0.1, 0.15) is 0 Å². The molecule has 0 radical (unpaired) electrons. The molecule has 0 aliphatic heterocycles. The van der Waals surface area contributed by atoms with Gasteiger partial charge in [-0.1, -0.05) is 30.2 Å². The van der Waals surface area contributed by atoms with Gasteiger partial charge in [0.15, 0.2) is 5.69 Å². The Balaban J connectivity index is 1.72. The lowest BCUT2D eigenvalue weighted by molar-refractivity contribution is 0.0688. The van der Waals surface area contributed by atoms with Crippen LogP contribution in [0.15, 0.2) is 36.5 Å². The van der Waals surface area contributed by atoms with Crippen LogP contribution in [0, 0.1) is 5.92 Å². The molecule has 1 saturated carbocycles. The number of benzene rings is 1. The minimum absolute atomic E-state index is 0.144. The van der Waals surface area contributed by atoms with Crippen molar-refractivity contribution in [2.24, 2.45) is 5.92 Å². The molecule has 1 heterocycles. The number of hydrogen-bond acceptors (Lipinski definition) is 3. The van der Waals surface area contributed by atoms with Crippen molar-refractivity contribution in [3.8, 4) is 5.69 Å². The summed E-state index contributed by atoms with van der Waals surface area (Å²) >= 11 is 6.16. The molecular formula is C17H20ClN3O2. The standard InChI is InChI=1S/C17H20ClN3O2/c1-20(11-12-5-4-8-16(12)22)17(23)14-9-10-21(19-14)15-7-3-2-6-13(15)18/h2-3,6-7,9-10,12,16,22H,4-5,8,11H2,1H3. The predicted octanol–water partition coefficient (Wildman–Crippen LogP) is 2.76. The van der Waals surface area contributed by atoms with Gasteiger partial charge < -0.3 is 10.0 Å². The summed E-state index contributed by atoms with van der Waals surface area (Å²) in [5.41, 5.74) is 1.11. The number of aromatic nitrogens is 2. The van der Waals surface area contributed by atoms with Crippen LogP contribution >= 0.6 is 11.6 Å². The Bertz CT molecular complexity index is 701. The van der Waals surface area contributed by atoms with Gasteiger partial charge in [0.25, 0.3) is 5.91 Å². The van der Waals surface area contributed by atoms with Gasteiger partial charge in [-0.15, -0.1) is 0 Å². The van der Waals surface area contributed by atoms with Crippen LogP contribution < -0.4 is 0 Å². The number of para-hydroxylation sites is 1. The molecule has 1 amide bonds. The van der Waals surface area contributed by atoms with Crippen LogP contribution in [0.2, 0.25) is 5.02 Å². The Hall–Kier alpha value is -1.85. The Kier molecular flexibility index (Phi) is 4.68. The Morgan fingerprint density at radius 2 is 2.17 bits per heavy atom. The number of nitrogens with zero attached hydrogens (tertiary/aromatic N) is 3. The van der Waals surface area contributed by atoms with E-state index in [0.717, 1.165) is 24.9 Å². The van der Waals surface area contributed by atoms with E-state index < -0.39 is 0 Å². The first-order chi connectivity index (χ1) is 11.1. The van der Waals surface area contributed by atoms with Crippen LogP contribution in [-0.4, -0.2) is 45.4 Å². The third kappa shape index (κ3) is 3.41. The molecule has 122 valence electrons. The van der Waals surface area contributed by atoms with Gasteiger partial charge in [0.05, 0.1) is 16.8 Å². The van der Waals surface area contributed by atoms with Crippen molar-refractivity contribution < 1.29 is 9.90 Å². The molecule has 0 saturated heterocycles. The molecule has 1 aliphatic rings. The molecule has 23 heavy (non-hydrogen) atoms. The lowest BCUT2D eigenvalue weighted by Gasteiger charge is -2.22. The average Bonchev–Trinajstić information content (AvgIpc) is 3.17. The highest BCUT2D eigenvalue weighted by molar-refractivity contribution is 6.32. The summed E-state index contributed by atoms with van der Waals surface area (Å²) in [5, 5.41) is 14.8. The van der Waals surface area contributed by atoms with Crippen molar-refractivity contribution in [1.82, 2.24) is 14.7 Å². The molecule has 1 fully saturated rings. The first-order valence-corrected chi connectivity index (χ1v) is 8.18. The van der Waals surface area contributed by atoms with E-state index >= 15 is 0 Å². The third-order valence-electron chi connectivity index (χ3n) is 4.38. The zero-order valence-electron chi connectivity index (χ0n) is 13.0. The second-order valence-electron chi connectivity index (χ2n) is 6.04. The Morgan fingerprint density at radius 1 is 1.39 bits per heavy atom. The van der Waals surface area contributed by atoms with Gasteiger partial charge in [0, 0.05) is 25.7 Å².